The van der Waals surface area contributed by atoms with Gasteiger partial charge in [0.2, 0.25) is 9.84 Å². The first-order valence-corrected chi connectivity index (χ1v) is 10.5. The van der Waals surface area contributed by atoms with Crippen molar-refractivity contribution in [3.05, 3.63) is 59.8 Å². The van der Waals surface area contributed by atoms with E-state index < -0.39 is 9.84 Å². The highest BCUT2D eigenvalue weighted by Crippen LogP contribution is 2.32. The Hall–Kier alpha value is -2.07. The zero-order valence-electron chi connectivity index (χ0n) is 16.2. The van der Waals surface area contributed by atoms with Crippen LogP contribution < -0.4 is 0 Å². The fourth-order valence-electron chi connectivity index (χ4n) is 3.35. The van der Waals surface area contributed by atoms with Crippen LogP contribution in [-0.2, 0) is 23.3 Å². The average Bonchev–Trinajstić information content (AvgIpc) is 2.83. The third kappa shape index (κ3) is 3.43. The molecule has 3 rings (SSSR count). The molecule has 0 aliphatic carbocycles. The summed E-state index contributed by atoms with van der Waals surface area (Å²) in [5.74, 6) is 0. The van der Waals surface area contributed by atoms with E-state index in [1.807, 2.05) is 25.2 Å². The van der Waals surface area contributed by atoms with Crippen LogP contribution in [0.1, 0.15) is 38.4 Å². The lowest BCUT2D eigenvalue weighted by Gasteiger charge is -2.18. The monoisotopic (exact) mass is 369 g/mol. The molecule has 0 spiro atoms. The molecule has 0 radical (unpaired) electrons. The molecule has 0 amide bonds. The summed E-state index contributed by atoms with van der Waals surface area (Å²) < 4.78 is 28.1. The maximum atomic E-state index is 13.0. The summed E-state index contributed by atoms with van der Waals surface area (Å²) in [6, 6.07) is 14.1. The number of hydrogen-bond acceptors (Lipinski definition) is 2. The number of nitrogens with zero attached hydrogens (tertiary/aromatic N) is 1. The van der Waals surface area contributed by atoms with Gasteiger partial charge in [0.1, 0.15) is 0 Å². The number of sulfone groups is 1. The number of rotatable bonds is 4. The Bertz CT molecular complexity index is 1040. The van der Waals surface area contributed by atoms with Gasteiger partial charge in [-0.25, -0.2) is 8.42 Å². The first kappa shape index (κ1) is 18.7. The average molecular weight is 370 g/mol. The van der Waals surface area contributed by atoms with Crippen LogP contribution in [0.3, 0.4) is 0 Å². The number of aromatic nitrogens is 1. The van der Waals surface area contributed by atoms with Crippen molar-refractivity contribution in [1.82, 2.24) is 4.57 Å². The summed E-state index contributed by atoms with van der Waals surface area (Å²) in [6.45, 7) is 8.82. The van der Waals surface area contributed by atoms with E-state index in [-0.39, 0.29) is 5.41 Å². The van der Waals surface area contributed by atoms with Crippen LogP contribution in [0.4, 0.5) is 0 Å². The molecule has 0 saturated carbocycles. The Labute approximate surface area is 156 Å². The molecule has 0 fully saturated rings. The van der Waals surface area contributed by atoms with Crippen LogP contribution >= 0.6 is 0 Å². The van der Waals surface area contributed by atoms with E-state index in [4.69, 9.17) is 0 Å². The quantitative estimate of drug-likeness (QED) is 0.626. The number of hydrogen-bond donors (Lipinski definition) is 0. The summed E-state index contributed by atoms with van der Waals surface area (Å²) in [6.07, 6.45) is 2.00. The standard InChI is InChI=1S/C22H27NO2S/c1-16-19(13-14-22(2,3)4)20-15-18(11-12-21(20)23(16)5)26(24,25)17-9-7-6-8-10-17/h6-12,15H,13-14H2,1-5H3. The Balaban J connectivity index is 2.14. The Morgan fingerprint density at radius 1 is 0.962 bits per heavy atom. The molecule has 0 atom stereocenters. The molecule has 2 aromatic carbocycles. The van der Waals surface area contributed by atoms with E-state index in [0.29, 0.717) is 9.79 Å². The Morgan fingerprint density at radius 3 is 2.23 bits per heavy atom. The predicted octanol–water partition coefficient (Wildman–Crippen LogP) is 5.30. The SMILES string of the molecule is Cc1c(CCC(C)(C)C)c2cc(S(=O)(=O)c3ccccc3)ccc2n1C. The first-order chi connectivity index (χ1) is 12.1. The molecule has 3 nitrogen and oxygen atoms in total. The van der Waals surface area contributed by atoms with Crippen molar-refractivity contribution in [2.45, 2.75) is 50.3 Å². The molecule has 26 heavy (non-hydrogen) atoms. The molecule has 0 unspecified atom stereocenters. The van der Waals surface area contributed by atoms with Crippen LogP contribution in [0.2, 0.25) is 0 Å². The van der Waals surface area contributed by atoms with Gasteiger partial charge in [0, 0.05) is 23.6 Å². The molecule has 1 aromatic heterocycles. The lowest BCUT2D eigenvalue weighted by Crippen LogP contribution is -2.07. The Kier molecular flexibility index (Phi) is 4.74. The molecule has 138 valence electrons. The van der Waals surface area contributed by atoms with Crippen molar-refractivity contribution in [1.29, 1.82) is 0 Å². The van der Waals surface area contributed by atoms with E-state index in [2.05, 4.69) is 32.3 Å². The number of fused-ring (bicyclic) bond motifs is 1. The molecule has 0 aliphatic rings. The van der Waals surface area contributed by atoms with E-state index in [9.17, 15) is 8.42 Å². The van der Waals surface area contributed by atoms with E-state index >= 15 is 0 Å². The largest absolute Gasteiger partial charge is 0.348 e. The fourth-order valence-corrected chi connectivity index (χ4v) is 4.65. The fraction of sp³-hybridized carbons (Fsp3) is 0.364. The molecular formula is C22H27NO2S. The summed E-state index contributed by atoms with van der Waals surface area (Å²) in [5.41, 5.74) is 3.78. The van der Waals surface area contributed by atoms with Crippen LogP contribution in [0.15, 0.2) is 58.3 Å². The van der Waals surface area contributed by atoms with Crippen molar-refractivity contribution >= 4 is 20.7 Å². The van der Waals surface area contributed by atoms with Crippen LogP contribution in [0, 0.1) is 12.3 Å². The van der Waals surface area contributed by atoms with Crippen molar-refractivity contribution < 1.29 is 8.42 Å². The molecule has 0 bridgehead atoms. The van der Waals surface area contributed by atoms with Crippen LogP contribution in [0.5, 0.6) is 0 Å². The second kappa shape index (κ2) is 6.58. The second-order valence-electron chi connectivity index (χ2n) is 8.18. The van der Waals surface area contributed by atoms with Crippen LogP contribution in [0.25, 0.3) is 10.9 Å². The molecule has 4 heteroatoms. The van der Waals surface area contributed by atoms with Gasteiger partial charge < -0.3 is 4.57 Å². The van der Waals surface area contributed by atoms with Gasteiger partial charge in [0.25, 0.3) is 0 Å². The first-order valence-electron chi connectivity index (χ1n) is 8.99. The minimum Gasteiger partial charge on any atom is -0.348 e. The summed E-state index contributed by atoms with van der Waals surface area (Å²) in [7, 11) is -1.46. The molecule has 0 N–H and O–H groups in total. The molecular weight excluding hydrogens is 342 g/mol. The number of benzene rings is 2. The highest BCUT2D eigenvalue weighted by molar-refractivity contribution is 7.91. The topological polar surface area (TPSA) is 39.1 Å². The Morgan fingerprint density at radius 2 is 1.62 bits per heavy atom. The van der Waals surface area contributed by atoms with Gasteiger partial charge in [0.15, 0.2) is 0 Å². The zero-order valence-corrected chi connectivity index (χ0v) is 17.0. The van der Waals surface area contributed by atoms with Gasteiger partial charge in [-0.2, -0.15) is 0 Å². The lowest BCUT2D eigenvalue weighted by molar-refractivity contribution is 0.378. The highest BCUT2D eigenvalue weighted by atomic mass is 32.2. The van der Waals surface area contributed by atoms with Gasteiger partial charge in [-0.15, -0.1) is 0 Å². The molecule has 0 saturated heterocycles. The summed E-state index contributed by atoms with van der Waals surface area (Å²) in [5, 5.41) is 1.05. The third-order valence-corrected chi connectivity index (χ3v) is 6.85. The van der Waals surface area contributed by atoms with Crippen molar-refractivity contribution in [3.8, 4) is 0 Å². The summed E-state index contributed by atoms with van der Waals surface area (Å²) >= 11 is 0. The van der Waals surface area contributed by atoms with E-state index in [1.165, 1.54) is 11.3 Å². The van der Waals surface area contributed by atoms with Gasteiger partial charge in [0.05, 0.1) is 9.79 Å². The zero-order chi connectivity index (χ0) is 19.1. The van der Waals surface area contributed by atoms with Gasteiger partial charge in [-0.3, -0.25) is 0 Å². The normalized spacial score (nSPS) is 12.7. The highest BCUT2D eigenvalue weighted by Gasteiger charge is 2.21. The lowest BCUT2D eigenvalue weighted by atomic mass is 9.88. The summed E-state index contributed by atoms with van der Waals surface area (Å²) in [4.78, 5) is 0.696. The molecule has 3 aromatic rings. The second-order valence-corrected chi connectivity index (χ2v) is 10.1. The maximum absolute atomic E-state index is 13.0. The van der Waals surface area contributed by atoms with Crippen molar-refractivity contribution in [3.63, 3.8) is 0 Å². The predicted molar refractivity (Wildman–Crippen MR) is 107 cm³/mol. The third-order valence-electron chi connectivity index (χ3n) is 5.08. The minimum atomic E-state index is -3.50. The number of aryl methyl sites for hydroxylation is 2. The molecule has 1 heterocycles. The van der Waals surface area contributed by atoms with Crippen LogP contribution in [-0.4, -0.2) is 13.0 Å². The van der Waals surface area contributed by atoms with Crippen molar-refractivity contribution in [2.24, 2.45) is 12.5 Å². The van der Waals surface area contributed by atoms with E-state index in [0.717, 1.165) is 23.7 Å². The molecule has 0 aliphatic heterocycles. The maximum Gasteiger partial charge on any atom is 0.206 e. The van der Waals surface area contributed by atoms with Crippen molar-refractivity contribution in [2.75, 3.05) is 0 Å². The van der Waals surface area contributed by atoms with Gasteiger partial charge >= 0.3 is 0 Å². The van der Waals surface area contributed by atoms with Gasteiger partial charge in [-0.1, -0.05) is 39.0 Å². The van der Waals surface area contributed by atoms with Gasteiger partial charge in [-0.05, 0) is 61.1 Å². The van der Waals surface area contributed by atoms with E-state index in [1.54, 1.807) is 30.3 Å². The minimum absolute atomic E-state index is 0.238. The smallest absolute Gasteiger partial charge is 0.206 e.